The number of nitrogens with zero attached hydrogens (tertiary/aromatic N) is 3. The fourth-order valence-electron chi connectivity index (χ4n) is 3.94. The molecule has 6 heteroatoms. The summed E-state index contributed by atoms with van der Waals surface area (Å²) in [5.74, 6) is 0.429. The average molecular weight is 419 g/mol. The third-order valence-corrected chi connectivity index (χ3v) is 5.68. The highest BCUT2D eigenvalue weighted by molar-refractivity contribution is 5.79. The molecular formula is C25H27FN4O. The molecule has 1 N–H and O–H groups in total. The number of nitrogens with one attached hydrogen (secondary N) is 1. The van der Waals surface area contributed by atoms with Gasteiger partial charge in [0.15, 0.2) is 0 Å². The molecule has 0 bridgehead atoms. The molecule has 0 unspecified atom stereocenters. The number of carbonyl (C=O) groups excluding carboxylic acids is 1. The van der Waals surface area contributed by atoms with E-state index in [1.807, 2.05) is 18.2 Å². The average Bonchev–Trinajstić information content (AvgIpc) is 2.83. The maximum absolute atomic E-state index is 13.1. The summed E-state index contributed by atoms with van der Waals surface area (Å²) in [5.41, 5.74) is 3.01. The predicted molar refractivity (Wildman–Crippen MR) is 120 cm³/mol. The molecule has 0 aliphatic carbocycles. The van der Waals surface area contributed by atoms with E-state index in [0.29, 0.717) is 19.0 Å². The smallest absolute Gasteiger partial charge is 0.225 e. The Kier molecular flexibility index (Phi) is 6.87. The summed E-state index contributed by atoms with van der Waals surface area (Å²) in [4.78, 5) is 23.7. The summed E-state index contributed by atoms with van der Waals surface area (Å²) in [6.45, 7) is 2.15. The lowest BCUT2D eigenvalue weighted by atomic mass is 9.97. The minimum Gasteiger partial charge on any atom is -0.356 e. The van der Waals surface area contributed by atoms with E-state index in [1.165, 1.54) is 17.7 Å². The molecule has 31 heavy (non-hydrogen) atoms. The van der Waals surface area contributed by atoms with Crippen LogP contribution in [0.2, 0.25) is 0 Å². The number of aromatic nitrogens is 2. The number of carbonyl (C=O) groups is 1. The van der Waals surface area contributed by atoms with Crippen LogP contribution in [0.3, 0.4) is 0 Å². The molecule has 1 aliphatic rings. The Morgan fingerprint density at radius 2 is 1.77 bits per heavy atom. The highest BCUT2D eigenvalue weighted by Gasteiger charge is 2.26. The van der Waals surface area contributed by atoms with Gasteiger partial charge in [0.05, 0.1) is 5.92 Å². The van der Waals surface area contributed by atoms with Crippen LogP contribution in [0.25, 0.3) is 11.1 Å². The van der Waals surface area contributed by atoms with Crippen molar-refractivity contribution in [3.8, 4) is 11.1 Å². The minimum absolute atomic E-state index is 0.0501. The van der Waals surface area contributed by atoms with Crippen molar-refractivity contribution in [1.82, 2.24) is 15.3 Å². The quantitative estimate of drug-likeness (QED) is 0.583. The molecule has 0 radical (unpaired) electrons. The zero-order valence-electron chi connectivity index (χ0n) is 17.5. The highest BCUT2D eigenvalue weighted by atomic mass is 19.1. The van der Waals surface area contributed by atoms with Gasteiger partial charge in [-0.3, -0.25) is 4.79 Å². The zero-order chi connectivity index (χ0) is 21.5. The molecule has 0 saturated carbocycles. The second kappa shape index (κ2) is 10.2. The molecule has 1 atom stereocenters. The second-order valence-corrected chi connectivity index (χ2v) is 7.94. The normalized spacial score (nSPS) is 16.2. The van der Waals surface area contributed by atoms with Gasteiger partial charge in [0.1, 0.15) is 5.82 Å². The highest BCUT2D eigenvalue weighted by Crippen LogP contribution is 2.23. The van der Waals surface area contributed by atoms with Crippen molar-refractivity contribution in [1.29, 1.82) is 0 Å². The van der Waals surface area contributed by atoms with Crippen molar-refractivity contribution in [2.45, 2.75) is 25.7 Å². The Hall–Kier alpha value is -3.28. The molecule has 3 aromatic rings. The molecular weight excluding hydrogens is 391 g/mol. The van der Waals surface area contributed by atoms with Gasteiger partial charge in [0.2, 0.25) is 11.9 Å². The predicted octanol–water partition coefficient (Wildman–Crippen LogP) is 4.25. The van der Waals surface area contributed by atoms with Gasteiger partial charge < -0.3 is 10.2 Å². The number of hydrogen-bond donors (Lipinski definition) is 1. The summed E-state index contributed by atoms with van der Waals surface area (Å²) in [6, 6.07) is 16.6. The number of amides is 1. The number of rotatable bonds is 7. The standard InChI is InChI=1S/C25H27FN4O/c26-23-12-10-20(11-13-23)22-16-28-25(29-17-22)30-15-5-9-21(18-30)24(31)27-14-4-8-19-6-2-1-3-7-19/h1-3,6-7,10-13,16-17,21H,4-5,8-9,14-15,18H2,(H,27,31)/t21-/m1/s1. The van der Waals surface area contributed by atoms with Gasteiger partial charge in [0, 0.05) is 37.6 Å². The number of piperidine rings is 1. The van der Waals surface area contributed by atoms with Gasteiger partial charge in [-0.1, -0.05) is 42.5 Å². The molecule has 1 aromatic heterocycles. The van der Waals surface area contributed by atoms with Crippen LogP contribution in [0.1, 0.15) is 24.8 Å². The molecule has 160 valence electrons. The Morgan fingerprint density at radius 3 is 2.52 bits per heavy atom. The van der Waals surface area contributed by atoms with Crippen LogP contribution in [0, 0.1) is 11.7 Å². The first-order valence-corrected chi connectivity index (χ1v) is 10.8. The fraction of sp³-hybridized carbons (Fsp3) is 0.320. The van der Waals surface area contributed by atoms with Crippen molar-refractivity contribution < 1.29 is 9.18 Å². The van der Waals surface area contributed by atoms with Gasteiger partial charge >= 0.3 is 0 Å². The topological polar surface area (TPSA) is 58.1 Å². The molecule has 2 aromatic carbocycles. The maximum Gasteiger partial charge on any atom is 0.225 e. The number of aryl methyl sites for hydroxylation is 1. The second-order valence-electron chi connectivity index (χ2n) is 7.94. The molecule has 4 rings (SSSR count). The van der Waals surface area contributed by atoms with Crippen molar-refractivity contribution in [3.63, 3.8) is 0 Å². The Bertz CT molecular complexity index is 977. The third kappa shape index (κ3) is 5.66. The number of anilines is 1. The lowest BCUT2D eigenvalue weighted by Gasteiger charge is -2.32. The van der Waals surface area contributed by atoms with E-state index in [2.05, 4.69) is 32.3 Å². The third-order valence-electron chi connectivity index (χ3n) is 5.68. The SMILES string of the molecule is O=C(NCCCc1ccccc1)[C@@H]1CCCN(c2ncc(-c3ccc(F)cc3)cn2)C1. The number of halogens is 1. The minimum atomic E-state index is -0.265. The van der Waals surface area contributed by atoms with Crippen LogP contribution >= 0.6 is 0 Å². The van der Waals surface area contributed by atoms with E-state index in [-0.39, 0.29) is 17.6 Å². The molecule has 1 fully saturated rings. The molecule has 0 spiro atoms. The van der Waals surface area contributed by atoms with Crippen LogP contribution in [0.4, 0.5) is 10.3 Å². The number of benzene rings is 2. The van der Waals surface area contributed by atoms with Crippen LogP contribution < -0.4 is 10.2 Å². The Labute approximate surface area is 182 Å². The molecule has 1 saturated heterocycles. The van der Waals surface area contributed by atoms with Gasteiger partial charge in [-0.05, 0) is 48.9 Å². The van der Waals surface area contributed by atoms with Crippen molar-refractivity contribution in [3.05, 3.63) is 78.4 Å². The van der Waals surface area contributed by atoms with Crippen LogP contribution in [0.15, 0.2) is 67.0 Å². The summed E-state index contributed by atoms with van der Waals surface area (Å²) in [5, 5.41) is 3.09. The van der Waals surface area contributed by atoms with E-state index in [9.17, 15) is 9.18 Å². The number of hydrogen-bond acceptors (Lipinski definition) is 4. The van der Waals surface area contributed by atoms with Gasteiger partial charge in [-0.15, -0.1) is 0 Å². The maximum atomic E-state index is 13.1. The van der Waals surface area contributed by atoms with E-state index >= 15 is 0 Å². The van der Waals surface area contributed by atoms with E-state index in [1.54, 1.807) is 24.5 Å². The van der Waals surface area contributed by atoms with E-state index < -0.39 is 0 Å². The van der Waals surface area contributed by atoms with Crippen LogP contribution in [0.5, 0.6) is 0 Å². The summed E-state index contributed by atoms with van der Waals surface area (Å²) in [7, 11) is 0. The first kappa shape index (κ1) is 21.0. The Morgan fingerprint density at radius 1 is 1.03 bits per heavy atom. The summed E-state index contributed by atoms with van der Waals surface area (Å²) in [6.07, 6.45) is 7.22. The van der Waals surface area contributed by atoms with Crippen LogP contribution in [-0.4, -0.2) is 35.5 Å². The molecule has 5 nitrogen and oxygen atoms in total. The van der Waals surface area contributed by atoms with Gasteiger partial charge in [-0.25, -0.2) is 14.4 Å². The lowest BCUT2D eigenvalue weighted by molar-refractivity contribution is -0.125. The Balaban J connectivity index is 1.28. The van der Waals surface area contributed by atoms with Crippen LogP contribution in [-0.2, 0) is 11.2 Å². The molecule has 1 aliphatic heterocycles. The molecule has 2 heterocycles. The zero-order valence-corrected chi connectivity index (χ0v) is 17.5. The van der Waals surface area contributed by atoms with Gasteiger partial charge in [-0.2, -0.15) is 0 Å². The van der Waals surface area contributed by atoms with Gasteiger partial charge in [0.25, 0.3) is 0 Å². The molecule has 1 amide bonds. The largest absolute Gasteiger partial charge is 0.356 e. The monoisotopic (exact) mass is 418 g/mol. The van der Waals surface area contributed by atoms with Crippen molar-refractivity contribution in [2.24, 2.45) is 5.92 Å². The summed E-state index contributed by atoms with van der Waals surface area (Å²) >= 11 is 0. The van der Waals surface area contributed by atoms with E-state index in [4.69, 9.17) is 0 Å². The van der Waals surface area contributed by atoms with Crippen molar-refractivity contribution in [2.75, 3.05) is 24.5 Å². The first-order valence-electron chi connectivity index (χ1n) is 10.8. The lowest BCUT2D eigenvalue weighted by Crippen LogP contribution is -2.44. The summed E-state index contributed by atoms with van der Waals surface area (Å²) < 4.78 is 13.1. The fourth-order valence-corrected chi connectivity index (χ4v) is 3.94. The van der Waals surface area contributed by atoms with E-state index in [0.717, 1.165) is 43.4 Å². The first-order chi connectivity index (χ1) is 15.2. The van der Waals surface area contributed by atoms with Crippen molar-refractivity contribution >= 4 is 11.9 Å².